The number of pyridine rings is 1. The van der Waals surface area contributed by atoms with Crippen LogP contribution in [0.3, 0.4) is 0 Å². The minimum absolute atomic E-state index is 0.0395. The summed E-state index contributed by atoms with van der Waals surface area (Å²) < 4.78 is 0. The summed E-state index contributed by atoms with van der Waals surface area (Å²) in [7, 11) is 1.88. The van der Waals surface area contributed by atoms with Crippen molar-refractivity contribution in [3.05, 3.63) is 52.7 Å². The molecule has 1 amide bonds. The fourth-order valence-corrected chi connectivity index (χ4v) is 3.73. The molecule has 27 heavy (non-hydrogen) atoms. The van der Waals surface area contributed by atoms with E-state index < -0.39 is 0 Å². The van der Waals surface area contributed by atoms with E-state index in [2.05, 4.69) is 36.4 Å². The average molecular weight is 387 g/mol. The second-order valence-corrected chi connectivity index (χ2v) is 7.99. The monoisotopic (exact) mass is 386 g/mol. The molecule has 2 N–H and O–H groups in total. The Kier molecular flexibility index (Phi) is 5.90. The third kappa shape index (κ3) is 4.35. The summed E-state index contributed by atoms with van der Waals surface area (Å²) in [5.41, 5.74) is 2.99. The van der Waals surface area contributed by atoms with Gasteiger partial charge in [-0.15, -0.1) is 0 Å². The highest BCUT2D eigenvalue weighted by molar-refractivity contribution is 6.30. The number of fused-ring (bicyclic) bond motifs is 1. The molecule has 1 aromatic heterocycles. The second kappa shape index (κ2) is 8.17. The van der Waals surface area contributed by atoms with Crippen LogP contribution < -0.4 is 10.6 Å². The summed E-state index contributed by atoms with van der Waals surface area (Å²) >= 11 is 5.89. The van der Waals surface area contributed by atoms with Crippen LogP contribution in [0.1, 0.15) is 36.7 Å². The first-order valence-corrected chi connectivity index (χ1v) is 9.75. The maximum absolute atomic E-state index is 13.3. The zero-order chi connectivity index (χ0) is 19.6. The highest BCUT2D eigenvalue weighted by Crippen LogP contribution is 2.30. The largest absolute Gasteiger partial charge is 0.382 e. The van der Waals surface area contributed by atoms with Gasteiger partial charge in [0.25, 0.3) is 5.91 Å². The standard InChI is InChI=1S/C21H27ClN4O/c1-13(2)19(12-24-20-9-8-15(22)11-23-20)26(4)21(27)16-6-5-7-18-17(16)10-14(3)25-18/h5-9,11,13-14,19,25H,10,12H2,1-4H3,(H,23,24)/t14-,19?/m0/s1. The summed E-state index contributed by atoms with van der Waals surface area (Å²) in [5, 5.41) is 7.36. The minimum Gasteiger partial charge on any atom is -0.382 e. The molecule has 144 valence electrons. The molecular weight excluding hydrogens is 360 g/mol. The van der Waals surface area contributed by atoms with Crippen molar-refractivity contribution < 1.29 is 4.79 Å². The number of rotatable bonds is 6. The lowest BCUT2D eigenvalue weighted by atomic mass is 9.98. The highest BCUT2D eigenvalue weighted by atomic mass is 35.5. The Labute approximate surface area is 166 Å². The van der Waals surface area contributed by atoms with Crippen molar-refractivity contribution in [1.29, 1.82) is 0 Å². The van der Waals surface area contributed by atoms with Gasteiger partial charge in [-0.3, -0.25) is 4.79 Å². The first-order chi connectivity index (χ1) is 12.9. The van der Waals surface area contributed by atoms with E-state index in [4.69, 9.17) is 11.6 Å². The molecule has 0 fully saturated rings. The Hall–Kier alpha value is -2.27. The zero-order valence-electron chi connectivity index (χ0n) is 16.3. The number of nitrogens with zero attached hydrogens (tertiary/aromatic N) is 2. The Bertz CT molecular complexity index is 806. The molecular formula is C21H27ClN4O. The summed E-state index contributed by atoms with van der Waals surface area (Å²) in [6.07, 6.45) is 2.49. The molecule has 1 aliphatic heterocycles. The SMILES string of the molecule is CC(C)C(CNc1ccc(Cl)cn1)N(C)C(=O)c1cccc2c1C[C@H](C)N2. The molecule has 5 nitrogen and oxygen atoms in total. The summed E-state index contributed by atoms with van der Waals surface area (Å²) in [4.78, 5) is 19.4. The smallest absolute Gasteiger partial charge is 0.254 e. The normalized spacial score (nSPS) is 16.6. The van der Waals surface area contributed by atoms with E-state index in [9.17, 15) is 4.79 Å². The van der Waals surface area contributed by atoms with Crippen LogP contribution >= 0.6 is 11.6 Å². The van der Waals surface area contributed by atoms with Crippen molar-refractivity contribution in [2.75, 3.05) is 24.2 Å². The molecule has 1 aliphatic rings. The van der Waals surface area contributed by atoms with Gasteiger partial charge in [0.1, 0.15) is 5.82 Å². The zero-order valence-corrected chi connectivity index (χ0v) is 17.0. The average Bonchev–Trinajstić information content (AvgIpc) is 3.02. The predicted molar refractivity (Wildman–Crippen MR) is 112 cm³/mol. The molecule has 1 aromatic carbocycles. The topological polar surface area (TPSA) is 57.3 Å². The Morgan fingerprint density at radius 2 is 2.15 bits per heavy atom. The van der Waals surface area contributed by atoms with Gasteiger partial charge < -0.3 is 15.5 Å². The lowest BCUT2D eigenvalue weighted by molar-refractivity contribution is 0.0700. The Balaban J connectivity index is 1.75. The van der Waals surface area contributed by atoms with Crippen LogP contribution in [0.25, 0.3) is 0 Å². The van der Waals surface area contributed by atoms with E-state index in [1.807, 2.05) is 36.2 Å². The summed E-state index contributed by atoms with van der Waals surface area (Å²) in [6.45, 7) is 7.02. The molecule has 6 heteroatoms. The van der Waals surface area contributed by atoms with Crippen LogP contribution in [-0.2, 0) is 6.42 Å². The fourth-order valence-electron chi connectivity index (χ4n) is 3.61. The summed E-state index contributed by atoms with van der Waals surface area (Å²) in [5.74, 6) is 1.12. The van der Waals surface area contributed by atoms with Gasteiger partial charge in [0, 0.05) is 37.1 Å². The maximum Gasteiger partial charge on any atom is 0.254 e. The Morgan fingerprint density at radius 3 is 2.81 bits per heavy atom. The van der Waals surface area contributed by atoms with Gasteiger partial charge in [0.2, 0.25) is 0 Å². The molecule has 3 rings (SSSR count). The molecule has 0 radical (unpaired) electrons. The number of hydrogen-bond donors (Lipinski definition) is 2. The van der Waals surface area contributed by atoms with Crippen molar-refractivity contribution in [1.82, 2.24) is 9.88 Å². The van der Waals surface area contributed by atoms with E-state index in [-0.39, 0.29) is 11.9 Å². The second-order valence-electron chi connectivity index (χ2n) is 7.55. The number of aromatic nitrogens is 1. The molecule has 0 spiro atoms. The van der Waals surface area contributed by atoms with E-state index in [1.54, 1.807) is 12.3 Å². The van der Waals surface area contributed by atoms with Gasteiger partial charge in [-0.25, -0.2) is 4.98 Å². The predicted octanol–water partition coefficient (Wildman–Crippen LogP) is 4.30. The molecule has 0 bridgehead atoms. The first kappa shape index (κ1) is 19.5. The molecule has 0 saturated heterocycles. The van der Waals surface area contributed by atoms with E-state index in [1.165, 1.54) is 0 Å². The van der Waals surface area contributed by atoms with Crippen LogP contribution in [-0.4, -0.2) is 41.5 Å². The van der Waals surface area contributed by atoms with Gasteiger partial charge in [0.05, 0.1) is 11.1 Å². The van der Waals surface area contributed by atoms with Gasteiger partial charge in [0.15, 0.2) is 0 Å². The van der Waals surface area contributed by atoms with Gasteiger partial charge in [-0.05, 0) is 49.1 Å². The molecule has 2 aromatic rings. The van der Waals surface area contributed by atoms with Crippen molar-refractivity contribution in [2.24, 2.45) is 5.92 Å². The number of carbonyl (C=O) groups is 1. The maximum atomic E-state index is 13.3. The van der Waals surface area contributed by atoms with Crippen LogP contribution in [0, 0.1) is 5.92 Å². The van der Waals surface area contributed by atoms with E-state index in [0.717, 1.165) is 29.1 Å². The quantitative estimate of drug-likeness (QED) is 0.777. The number of carbonyl (C=O) groups excluding carboxylic acids is 1. The van der Waals surface area contributed by atoms with Gasteiger partial charge in [-0.2, -0.15) is 0 Å². The van der Waals surface area contributed by atoms with Crippen molar-refractivity contribution >= 4 is 29.0 Å². The first-order valence-electron chi connectivity index (χ1n) is 9.37. The number of hydrogen-bond acceptors (Lipinski definition) is 4. The number of likely N-dealkylation sites (N-methyl/N-ethyl adjacent to an activating group) is 1. The van der Waals surface area contributed by atoms with Crippen LogP contribution in [0.15, 0.2) is 36.5 Å². The summed E-state index contributed by atoms with van der Waals surface area (Å²) in [6, 6.07) is 9.98. The molecule has 2 heterocycles. The van der Waals surface area contributed by atoms with Crippen LogP contribution in [0.4, 0.5) is 11.5 Å². The number of nitrogens with one attached hydrogen (secondary N) is 2. The minimum atomic E-state index is 0.0395. The lowest BCUT2D eigenvalue weighted by Crippen LogP contribution is -2.45. The van der Waals surface area contributed by atoms with E-state index >= 15 is 0 Å². The van der Waals surface area contributed by atoms with Gasteiger partial charge in [-0.1, -0.05) is 31.5 Å². The van der Waals surface area contributed by atoms with Gasteiger partial charge >= 0.3 is 0 Å². The third-order valence-electron chi connectivity index (χ3n) is 5.13. The highest BCUT2D eigenvalue weighted by Gasteiger charge is 2.28. The molecule has 2 atom stereocenters. The van der Waals surface area contributed by atoms with E-state index in [0.29, 0.717) is 23.5 Å². The Morgan fingerprint density at radius 1 is 1.37 bits per heavy atom. The van der Waals surface area contributed by atoms with Crippen LogP contribution in [0.5, 0.6) is 0 Å². The molecule has 1 unspecified atom stereocenters. The fraction of sp³-hybridized carbons (Fsp3) is 0.429. The number of halogens is 1. The van der Waals surface area contributed by atoms with Crippen LogP contribution in [0.2, 0.25) is 5.02 Å². The number of benzene rings is 1. The molecule has 0 aliphatic carbocycles. The third-order valence-corrected chi connectivity index (χ3v) is 5.35. The van der Waals surface area contributed by atoms with Crippen molar-refractivity contribution in [2.45, 2.75) is 39.3 Å². The number of amides is 1. The molecule has 0 saturated carbocycles. The van der Waals surface area contributed by atoms with Crippen molar-refractivity contribution in [3.63, 3.8) is 0 Å². The number of anilines is 2. The lowest BCUT2D eigenvalue weighted by Gasteiger charge is -2.32. The van der Waals surface area contributed by atoms with Crippen molar-refractivity contribution in [3.8, 4) is 0 Å².